The normalized spacial score (nSPS) is 10.6. The largest absolute Gasteiger partial charge is 0.360 e. The second-order valence-corrected chi connectivity index (χ2v) is 4.94. The van der Waals surface area contributed by atoms with Crippen LogP contribution < -0.4 is 10.6 Å². The number of aryl methyl sites for hydroxylation is 1. The molecule has 0 unspecified atom stereocenters. The van der Waals surface area contributed by atoms with Gasteiger partial charge in [0.15, 0.2) is 0 Å². The molecule has 120 valence electrons. The van der Waals surface area contributed by atoms with Crippen molar-refractivity contribution in [3.05, 3.63) is 76.0 Å². The number of hydrogen-bond acceptors (Lipinski definition) is 5. The minimum Gasteiger partial charge on any atom is -0.360 e. The number of benzene rings is 2. The second kappa shape index (κ2) is 7.56. The van der Waals surface area contributed by atoms with E-state index in [0.717, 1.165) is 11.3 Å². The van der Waals surface area contributed by atoms with Crippen LogP contribution in [-0.2, 0) is 4.79 Å². The van der Waals surface area contributed by atoms with Crippen molar-refractivity contribution in [1.82, 2.24) is 0 Å². The first-order valence-electron chi connectivity index (χ1n) is 6.99. The first kappa shape index (κ1) is 16.7. The van der Waals surface area contributed by atoms with E-state index in [1.807, 2.05) is 31.2 Å². The number of anilines is 2. The zero-order chi connectivity index (χ0) is 17.5. The summed E-state index contributed by atoms with van der Waals surface area (Å²) in [5, 5.41) is 25.2. The summed E-state index contributed by atoms with van der Waals surface area (Å²) in [6.45, 7) is 1.95. The lowest BCUT2D eigenvalue weighted by Crippen LogP contribution is -2.14. The van der Waals surface area contributed by atoms with Crippen LogP contribution in [0.3, 0.4) is 0 Å². The van der Waals surface area contributed by atoms with Gasteiger partial charge in [-0.05, 0) is 25.1 Å². The van der Waals surface area contributed by atoms with E-state index in [2.05, 4.69) is 10.6 Å². The summed E-state index contributed by atoms with van der Waals surface area (Å²) in [6.07, 6.45) is 1.29. The van der Waals surface area contributed by atoms with Crippen LogP contribution in [-0.4, -0.2) is 10.8 Å². The standard InChI is InChI=1S/C17H14N4O3/c1-12-5-7-14(8-6-12)19-11-13(10-18)17(22)20-15-3-2-4-16(9-15)21(23)24/h2-9,11,19H,1H3,(H,20,22)/b13-11-. The van der Waals surface area contributed by atoms with Crippen molar-refractivity contribution in [2.45, 2.75) is 6.92 Å². The van der Waals surface area contributed by atoms with Crippen LogP contribution in [0.1, 0.15) is 5.56 Å². The molecule has 7 heteroatoms. The number of carbonyl (C=O) groups is 1. The molecule has 2 aromatic carbocycles. The monoisotopic (exact) mass is 322 g/mol. The first-order valence-corrected chi connectivity index (χ1v) is 6.99. The predicted octanol–water partition coefficient (Wildman–Crippen LogP) is 3.36. The second-order valence-electron chi connectivity index (χ2n) is 4.94. The molecule has 1 amide bonds. The minimum absolute atomic E-state index is 0.145. The van der Waals surface area contributed by atoms with Gasteiger partial charge in [-0.2, -0.15) is 5.26 Å². The molecule has 0 bridgehead atoms. The lowest BCUT2D eigenvalue weighted by atomic mass is 10.2. The highest BCUT2D eigenvalue weighted by molar-refractivity contribution is 6.06. The Labute approximate surface area is 138 Å². The number of amides is 1. The topological polar surface area (TPSA) is 108 Å². The van der Waals surface area contributed by atoms with Gasteiger partial charge in [0.2, 0.25) is 0 Å². The molecule has 0 radical (unpaired) electrons. The molecule has 0 saturated heterocycles. The van der Waals surface area contributed by atoms with Gasteiger partial charge in [-0.15, -0.1) is 0 Å². The van der Waals surface area contributed by atoms with Crippen LogP contribution in [0.25, 0.3) is 0 Å². The van der Waals surface area contributed by atoms with Gasteiger partial charge in [0, 0.05) is 29.7 Å². The van der Waals surface area contributed by atoms with Crippen LogP contribution >= 0.6 is 0 Å². The number of nitro groups is 1. The highest BCUT2D eigenvalue weighted by Gasteiger charge is 2.11. The number of nitriles is 1. The number of rotatable bonds is 5. The molecule has 0 atom stereocenters. The Morgan fingerprint density at radius 2 is 1.92 bits per heavy atom. The average molecular weight is 322 g/mol. The number of carbonyl (C=O) groups excluding carboxylic acids is 1. The molecule has 24 heavy (non-hydrogen) atoms. The third kappa shape index (κ3) is 4.42. The van der Waals surface area contributed by atoms with Crippen molar-refractivity contribution < 1.29 is 9.72 Å². The summed E-state index contributed by atoms with van der Waals surface area (Å²) in [5.41, 5.74) is 1.77. The van der Waals surface area contributed by atoms with Crippen LogP contribution in [0.2, 0.25) is 0 Å². The zero-order valence-electron chi connectivity index (χ0n) is 12.8. The van der Waals surface area contributed by atoms with E-state index in [-0.39, 0.29) is 16.9 Å². The van der Waals surface area contributed by atoms with E-state index in [1.165, 1.54) is 30.5 Å². The van der Waals surface area contributed by atoms with Gasteiger partial charge in [0.25, 0.3) is 11.6 Å². The smallest absolute Gasteiger partial charge is 0.271 e. The van der Waals surface area contributed by atoms with Gasteiger partial charge < -0.3 is 10.6 Å². The maximum atomic E-state index is 12.1. The molecule has 7 nitrogen and oxygen atoms in total. The number of nitro benzene ring substituents is 1. The van der Waals surface area contributed by atoms with Crippen molar-refractivity contribution in [2.24, 2.45) is 0 Å². The SMILES string of the molecule is Cc1ccc(N/C=C(/C#N)C(=O)Nc2cccc([N+](=O)[O-])c2)cc1. The van der Waals surface area contributed by atoms with Crippen molar-refractivity contribution in [2.75, 3.05) is 10.6 Å². The Kier molecular flexibility index (Phi) is 5.26. The van der Waals surface area contributed by atoms with Gasteiger partial charge >= 0.3 is 0 Å². The van der Waals surface area contributed by atoms with E-state index >= 15 is 0 Å². The molecular weight excluding hydrogens is 308 g/mol. The molecule has 2 N–H and O–H groups in total. The van der Waals surface area contributed by atoms with E-state index in [1.54, 1.807) is 6.07 Å². The highest BCUT2D eigenvalue weighted by Crippen LogP contribution is 2.17. The Hall–Kier alpha value is -3.66. The molecular formula is C17H14N4O3. The highest BCUT2D eigenvalue weighted by atomic mass is 16.6. The quantitative estimate of drug-likeness (QED) is 0.380. The first-order chi connectivity index (χ1) is 11.5. The third-order valence-corrected chi connectivity index (χ3v) is 3.11. The summed E-state index contributed by atoms with van der Waals surface area (Å²) in [6, 6.07) is 14.7. The molecule has 2 aromatic rings. The van der Waals surface area contributed by atoms with Crippen LogP contribution in [0.15, 0.2) is 60.3 Å². The van der Waals surface area contributed by atoms with Crippen molar-refractivity contribution in [1.29, 1.82) is 5.26 Å². The maximum absolute atomic E-state index is 12.1. The molecule has 0 spiro atoms. The van der Waals surface area contributed by atoms with E-state index in [9.17, 15) is 14.9 Å². The minimum atomic E-state index is -0.655. The molecule has 0 saturated carbocycles. The van der Waals surface area contributed by atoms with E-state index in [4.69, 9.17) is 5.26 Å². The molecule has 0 aliphatic heterocycles. The Bertz CT molecular complexity index is 836. The van der Waals surface area contributed by atoms with Crippen molar-refractivity contribution in [3.8, 4) is 6.07 Å². The molecule has 0 heterocycles. The fourth-order valence-electron chi connectivity index (χ4n) is 1.85. The Morgan fingerprint density at radius 1 is 1.21 bits per heavy atom. The van der Waals surface area contributed by atoms with Gasteiger partial charge in [-0.1, -0.05) is 23.8 Å². The van der Waals surface area contributed by atoms with Crippen molar-refractivity contribution >= 4 is 23.0 Å². The van der Waals surface area contributed by atoms with E-state index in [0.29, 0.717) is 0 Å². The number of nitrogens with zero attached hydrogens (tertiary/aromatic N) is 2. The Balaban J connectivity index is 2.10. The Morgan fingerprint density at radius 3 is 2.54 bits per heavy atom. The summed E-state index contributed by atoms with van der Waals surface area (Å²) in [7, 11) is 0. The molecule has 0 fully saturated rings. The number of non-ortho nitro benzene ring substituents is 1. The third-order valence-electron chi connectivity index (χ3n) is 3.11. The summed E-state index contributed by atoms with van der Waals surface area (Å²) in [4.78, 5) is 22.3. The fourth-order valence-corrected chi connectivity index (χ4v) is 1.85. The van der Waals surface area contributed by atoms with Crippen LogP contribution in [0.4, 0.5) is 17.1 Å². The van der Waals surface area contributed by atoms with Gasteiger partial charge in [-0.3, -0.25) is 14.9 Å². The zero-order valence-corrected chi connectivity index (χ0v) is 12.8. The lowest BCUT2D eigenvalue weighted by molar-refractivity contribution is -0.384. The number of hydrogen-bond donors (Lipinski definition) is 2. The summed E-state index contributed by atoms with van der Waals surface area (Å²) >= 11 is 0. The molecule has 0 aliphatic carbocycles. The fraction of sp³-hybridized carbons (Fsp3) is 0.0588. The van der Waals surface area contributed by atoms with Gasteiger partial charge in [0.1, 0.15) is 11.6 Å². The van der Waals surface area contributed by atoms with Crippen LogP contribution in [0, 0.1) is 28.4 Å². The van der Waals surface area contributed by atoms with Crippen molar-refractivity contribution in [3.63, 3.8) is 0 Å². The average Bonchev–Trinajstić information content (AvgIpc) is 2.57. The van der Waals surface area contributed by atoms with Gasteiger partial charge in [0.05, 0.1) is 4.92 Å². The maximum Gasteiger partial charge on any atom is 0.271 e. The lowest BCUT2D eigenvalue weighted by Gasteiger charge is -2.05. The molecule has 0 aliphatic rings. The molecule has 2 rings (SSSR count). The number of nitrogens with one attached hydrogen (secondary N) is 2. The molecule has 0 aromatic heterocycles. The predicted molar refractivity (Wildman–Crippen MR) is 90.2 cm³/mol. The van der Waals surface area contributed by atoms with Crippen LogP contribution in [0.5, 0.6) is 0 Å². The summed E-state index contributed by atoms with van der Waals surface area (Å²) < 4.78 is 0. The summed E-state index contributed by atoms with van der Waals surface area (Å²) in [5.74, 6) is -0.655. The van der Waals surface area contributed by atoms with E-state index < -0.39 is 10.8 Å². The van der Waals surface area contributed by atoms with Gasteiger partial charge in [-0.25, -0.2) is 0 Å².